The number of piperidine rings is 1. The van der Waals surface area contributed by atoms with E-state index in [0.29, 0.717) is 47.8 Å². The Bertz CT molecular complexity index is 1180. The zero-order valence-corrected chi connectivity index (χ0v) is 20.7. The van der Waals surface area contributed by atoms with Gasteiger partial charge in [0.15, 0.2) is 5.78 Å². The molecular formula is C30H31F2NO4. The van der Waals surface area contributed by atoms with Crippen LogP contribution < -0.4 is 9.47 Å². The van der Waals surface area contributed by atoms with Gasteiger partial charge in [0.05, 0.1) is 18.8 Å². The molecule has 0 aromatic heterocycles. The SMILES string of the molecule is O=C1CCOc2cc(OCCCN3CCC(C(O)(c4ccc(F)cc4)c4ccc(F)cc4)CC3)ccc21. The van der Waals surface area contributed by atoms with E-state index >= 15 is 0 Å². The topological polar surface area (TPSA) is 59.0 Å². The second kappa shape index (κ2) is 11.0. The maximum atomic E-state index is 13.6. The van der Waals surface area contributed by atoms with E-state index in [0.717, 1.165) is 38.9 Å². The van der Waals surface area contributed by atoms with Gasteiger partial charge in [-0.25, -0.2) is 8.78 Å². The van der Waals surface area contributed by atoms with Crippen LogP contribution in [0.3, 0.4) is 0 Å². The molecule has 5 nitrogen and oxygen atoms in total. The fraction of sp³-hybridized carbons (Fsp3) is 0.367. The number of carbonyl (C=O) groups is 1. The molecule has 0 amide bonds. The predicted octanol–water partition coefficient (Wildman–Crippen LogP) is 5.35. The Kier molecular flexibility index (Phi) is 7.53. The Morgan fingerprint density at radius 3 is 2.19 bits per heavy atom. The highest BCUT2D eigenvalue weighted by molar-refractivity contribution is 5.99. The van der Waals surface area contributed by atoms with Crippen molar-refractivity contribution in [3.63, 3.8) is 0 Å². The predicted molar refractivity (Wildman–Crippen MR) is 136 cm³/mol. The molecule has 2 aliphatic heterocycles. The summed E-state index contributed by atoms with van der Waals surface area (Å²) in [6.07, 6.45) is 2.75. The van der Waals surface area contributed by atoms with Gasteiger partial charge in [-0.05, 0) is 85.8 Å². The first-order chi connectivity index (χ1) is 17.9. The van der Waals surface area contributed by atoms with Crippen LogP contribution in [0.1, 0.15) is 47.2 Å². The fourth-order valence-corrected chi connectivity index (χ4v) is 5.43. The van der Waals surface area contributed by atoms with E-state index < -0.39 is 5.60 Å². The van der Waals surface area contributed by atoms with E-state index in [1.807, 2.05) is 6.07 Å². The van der Waals surface area contributed by atoms with E-state index in [1.54, 1.807) is 36.4 Å². The minimum Gasteiger partial charge on any atom is -0.493 e. The van der Waals surface area contributed by atoms with Gasteiger partial charge in [-0.15, -0.1) is 0 Å². The molecular weight excluding hydrogens is 476 g/mol. The second-order valence-electron chi connectivity index (χ2n) is 9.78. The van der Waals surface area contributed by atoms with Crippen molar-refractivity contribution in [1.29, 1.82) is 0 Å². The summed E-state index contributed by atoms with van der Waals surface area (Å²) < 4.78 is 38.7. The third-order valence-corrected chi connectivity index (χ3v) is 7.47. The molecule has 2 aliphatic rings. The van der Waals surface area contributed by atoms with E-state index in [1.165, 1.54) is 24.3 Å². The quantitative estimate of drug-likeness (QED) is 0.417. The number of aliphatic hydroxyl groups is 1. The largest absolute Gasteiger partial charge is 0.493 e. The van der Waals surface area contributed by atoms with Crippen molar-refractivity contribution in [2.24, 2.45) is 5.92 Å². The van der Waals surface area contributed by atoms with Crippen LogP contribution in [0.4, 0.5) is 8.78 Å². The first-order valence-corrected chi connectivity index (χ1v) is 12.8. The number of likely N-dealkylation sites (tertiary alicyclic amines) is 1. The molecule has 0 spiro atoms. The number of hydrogen-bond acceptors (Lipinski definition) is 5. The van der Waals surface area contributed by atoms with Crippen molar-refractivity contribution in [3.05, 3.63) is 95.1 Å². The molecule has 0 radical (unpaired) electrons. The minimum atomic E-state index is -1.33. The van der Waals surface area contributed by atoms with Crippen LogP contribution in [-0.2, 0) is 5.60 Å². The Hall–Kier alpha value is -3.29. The maximum Gasteiger partial charge on any atom is 0.169 e. The molecule has 5 rings (SSSR count). The van der Waals surface area contributed by atoms with E-state index in [4.69, 9.17) is 9.47 Å². The lowest BCUT2D eigenvalue weighted by molar-refractivity contribution is -0.0147. The Morgan fingerprint density at radius 1 is 0.946 bits per heavy atom. The molecule has 0 aliphatic carbocycles. The molecule has 3 aromatic rings. The van der Waals surface area contributed by atoms with Gasteiger partial charge in [-0.1, -0.05) is 24.3 Å². The molecule has 1 N–H and O–H groups in total. The molecule has 2 heterocycles. The lowest BCUT2D eigenvalue weighted by atomic mass is 9.72. The molecule has 7 heteroatoms. The van der Waals surface area contributed by atoms with Crippen molar-refractivity contribution in [2.45, 2.75) is 31.3 Å². The fourth-order valence-electron chi connectivity index (χ4n) is 5.43. The first kappa shape index (κ1) is 25.4. The number of fused-ring (bicyclic) bond motifs is 1. The number of hydrogen-bond donors (Lipinski definition) is 1. The number of rotatable bonds is 8. The summed E-state index contributed by atoms with van der Waals surface area (Å²) in [6.45, 7) is 3.43. The third kappa shape index (κ3) is 5.53. The minimum absolute atomic E-state index is 0.0888. The number of halogens is 2. The summed E-state index contributed by atoms with van der Waals surface area (Å²) in [5.41, 5.74) is 0.515. The highest BCUT2D eigenvalue weighted by Crippen LogP contribution is 2.42. The summed E-state index contributed by atoms with van der Waals surface area (Å²) >= 11 is 0. The van der Waals surface area contributed by atoms with Crippen molar-refractivity contribution in [1.82, 2.24) is 4.90 Å². The number of carbonyl (C=O) groups excluding carboxylic acids is 1. The highest BCUT2D eigenvalue weighted by Gasteiger charge is 2.41. The summed E-state index contributed by atoms with van der Waals surface area (Å²) in [5.74, 6) is 0.565. The van der Waals surface area contributed by atoms with Crippen LogP contribution >= 0.6 is 0 Å². The van der Waals surface area contributed by atoms with Gasteiger partial charge in [-0.2, -0.15) is 0 Å². The normalized spacial score (nSPS) is 16.8. The monoisotopic (exact) mass is 507 g/mol. The first-order valence-electron chi connectivity index (χ1n) is 12.8. The number of ether oxygens (including phenoxy) is 2. The Morgan fingerprint density at radius 2 is 1.57 bits per heavy atom. The Labute approximate surface area is 215 Å². The van der Waals surface area contributed by atoms with Gasteiger partial charge >= 0.3 is 0 Å². The van der Waals surface area contributed by atoms with Crippen molar-refractivity contribution < 1.29 is 28.2 Å². The van der Waals surface area contributed by atoms with Crippen molar-refractivity contribution in [3.8, 4) is 11.5 Å². The third-order valence-electron chi connectivity index (χ3n) is 7.47. The number of nitrogens with zero attached hydrogens (tertiary/aromatic N) is 1. The summed E-state index contributed by atoms with van der Waals surface area (Å²) in [7, 11) is 0. The zero-order chi connectivity index (χ0) is 25.8. The van der Waals surface area contributed by atoms with Crippen LogP contribution in [0.5, 0.6) is 11.5 Å². The molecule has 0 unspecified atom stereocenters. The molecule has 3 aromatic carbocycles. The maximum absolute atomic E-state index is 13.6. The number of Topliss-reactive ketones (excluding diaryl/α,β-unsaturated/α-hetero) is 1. The molecule has 0 atom stereocenters. The number of benzene rings is 3. The smallest absolute Gasteiger partial charge is 0.169 e. The molecule has 1 fully saturated rings. The zero-order valence-electron chi connectivity index (χ0n) is 20.7. The average molecular weight is 508 g/mol. The molecule has 1 saturated heterocycles. The van der Waals surface area contributed by atoms with Crippen LogP contribution in [0.25, 0.3) is 0 Å². The van der Waals surface area contributed by atoms with Gasteiger partial charge in [0, 0.05) is 19.0 Å². The standard InChI is InChI=1S/C30H31F2NO4/c31-24-6-2-21(3-7-24)30(35,22-4-8-25(32)9-5-22)23-12-16-33(17-13-23)15-1-18-36-26-10-11-27-28(34)14-19-37-29(27)20-26/h2-11,20,23,35H,1,12-19H2. The Balaban J connectivity index is 1.17. The van der Waals surface area contributed by atoms with Crippen LogP contribution in [0.15, 0.2) is 66.7 Å². The summed E-state index contributed by atoms with van der Waals surface area (Å²) in [5, 5.41) is 12.0. The van der Waals surface area contributed by atoms with Gasteiger partial charge in [0.25, 0.3) is 0 Å². The van der Waals surface area contributed by atoms with E-state index in [2.05, 4.69) is 4.90 Å². The highest BCUT2D eigenvalue weighted by atomic mass is 19.1. The molecule has 0 bridgehead atoms. The van der Waals surface area contributed by atoms with Gasteiger partial charge in [0.1, 0.15) is 28.7 Å². The van der Waals surface area contributed by atoms with Crippen LogP contribution in [0, 0.1) is 17.6 Å². The molecule has 37 heavy (non-hydrogen) atoms. The van der Waals surface area contributed by atoms with Crippen molar-refractivity contribution in [2.75, 3.05) is 32.8 Å². The van der Waals surface area contributed by atoms with Crippen LogP contribution in [-0.4, -0.2) is 48.6 Å². The lowest BCUT2D eigenvalue weighted by Gasteiger charge is -2.42. The van der Waals surface area contributed by atoms with Crippen molar-refractivity contribution >= 4 is 5.78 Å². The lowest BCUT2D eigenvalue weighted by Crippen LogP contribution is -2.44. The summed E-state index contributed by atoms with van der Waals surface area (Å²) in [4.78, 5) is 14.3. The van der Waals surface area contributed by atoms with Crippen LogP contribution in [0.2, 0.25) is 0 Å². The van der Waals surface area contributed by atoms with E-state index in [9.17, 15) is 18.7 Å². The molecule has 0 saturated carbocycles. The average Bonchev–Trinajstić information content (AvgIpc) is 2.92. The molecule has 194 valence electrons. The van der Waals surface area contributed by atoms with Gasteiger partial charge < -0.3 is 19.5 Å². The van der Waals surface area contributed by atoms with Gasteiger partial charge in [0.2, 0.25) is 0 Å². The van der Waals surface area contributed by atoms with Gasteiger partial charge in [-0.3, -0.25) is 4.79 Å². The second-order valence-corrected chi connectivity index (χ2v) is 9.78. The van der Waals surface area contributed by atoms with E-state index in [-0.39, 0.29) is 23.3 Å². The summed E-state index contributed by atoms with van der Waals surface area (Å²) in [6, 6.07) is 17.2. The number of ketones is 1.